The first-order valence-electron chi connectivity index (χ1n) is 6.54. The molecule has 3 N–H and O–H groups in total. The molecule has 6 nitrogen and oxygen atoms in total. The number of hydrogen-bond acceptors (Lipinski definition) is 5. The highest BCUT2D eigenvalue weighted by Crippen LogP contribution is 2.18. The zero-order chi connectivity index (χ0) is 15.6. The number of thioether (sulfide) groups is 1. The van der Waals surface area contributed by atoms with E-state index in [1.807, 2.05) is 0 Å². The fourth-order valence-corrected chi connectivity index (χ4v) is 1.83. The first kappa shape index (κ1) is 18.9. The molecule has 0 saturated heterocycles. The molecule has 0 bridgehead atoms. The first-order valence-corrected chi connectivity index (χ1v) is 7.53. The van der Waals surface area contributed by atoms with Gasteiger partial charge in [-0.1, -0.05) is 25.6 Å². The van der Waals surface area contributed by atoms with E-state index in [4.69, 9.17) is 5.11 Å². The average Bonchev–Trinajstić information content (AvgIpc) is 2.34. The second-order valence-corrected chi connectivity index (χ2v) is 6.56. The van der Waals surface area contributed by atoms with Gasteiger partial charge in [0.1, 0.15) is 0 Å². The normalized spacial score (nSPS) is 11.0. The Hall–Kier alpha value is -1.08. The molecular weight excluding hydrogens is 280 g/mol. The van der Waals surface area contributed by atoms with Crippen LogP contribution in [0.3, 0.4) is 0 Å². The molecule has 0 fully saturated rings. The third-order valence-corrected chi connectivity index (χ3v) is 3.29. The summed E-state index contributed by atoms with van der Waals surface area (Å²) >= 11 is 1.16. The molecule has 0 heterocycles. The Kier molecular flexibility index (Phi) is 9.24. The van der Waals surface area contributed by atoms with E-state index < -0.39 is 5.41 Å². The summed E-state index contributed by atoms with van der Waals surface area (Å²) in [6, 6.07) is 0. The van der Waals surface area contributed by atoms with Gasteiger partial charge >= 0.3 is 0 Å². The Morgan fingerprint density at radius 1 is 1.10 bits per heavy atom. The largest absolute Gasteiger partial charge is 0.396 e. The highest BCUT2D eigenvalue weighted by Gasteiger charge is 2.20. The second kappa shape index (κ2) is 9.77. The molecule has 0 rings (SSSR count). The lowest BCUT2D eigenvalue weighted by molar-refractivity contribution is -0.124. The molecule has 0 aromatic rings. The maximum atomic E-state index is 11.5. The first-order chi connectivity index (χ1) is 9.26. The fourth-order valence-electron chi connectivity index (χ4n) is 1.34. The highest BCUT2D eigenvalue weighted by atomic mass is 32.2. The van der Waals surface area contributed by atoms with Crippen LogP contribution in [-0.4, -0.2) is 47.5 Å². The molecule has 0 aliphatic heterocycles. The van der Waals surface area contributed by atoms with Crippen molar-refractivity contribution in [2.45, 2.75) is 33.6 Å². The highest BCUT2D eigenvalue weighted by molar-refractivity contribution is 8.13. The van der Waals surface area contributed by atoms with Crippen LogP contribution >= 0.6 is 11.8 Å². The lowest BCUT2D eigenvalue weighted by Crippen LogP contribution is -2.34. The van der Waals surface area contributed by atoms with E-state index in [-0.39, 0.29) is 42.9 Å². The summed E-state index contributed by atoms with van der Waals surface area (Å²) in [4.78, 5) is 33.6. The van der Waals surface area contributed by atoms with E-state index in [1.165, 1.54) is 6.92 Å². The summed E-state index contributed by atoms with van der Waals surface area (Å²) in [7, 11) is 0. The van der Waals surface area contributed by atoms with Crippen molar-refractivity contribution in [3.8, 4) is 0 Å². The maximum absolute atomic E-state index is 11.5. The average molecular weight is 304 g/mol. The van der Waals surface area contributed by atoms with Gasteiger partial charge in [0, 0.05) is 45.2 Å². The molecular formula is C13H24N2O4S. The zero-order valence-corrected chi connectivity index (χ0v) is 13.1. The molecule has 0 unspecified atom stereocenters. The number of nitrogens with one attached hydrogen (secondary N) is 2. The molecule has 2 amide bonds. The Labute approximate surface area is 124 Å². The van der Waals surface area contributed by atoms with Crippen molar-refractivity contribution in [2.75, 3.05) is 25.4 Å². The van der Waals surface area contributed by atoms with Gasteiger partial charge in [-0.15, -0.1) is 0 Å². The van der Waals surface area contributed by atoms with Crippen LogP contribution in [0.15, 0.2) is 0 Å². The topological polar surface area (TPSA) is 95.5 Å². The summed E-state index contributed by atoms with van der Waals surface area (Å²) in [6.45, 7) is 5.73. The predicted octanol–water partition coefficient (Wildman–Crippen LogP) is 0.297. The Morgan fingerprint density at radius 3 is 2.25 bits per heavy atom. The minimum Gasteiger partial charge on any atom is -0.396 e. The molecule has 0 saturated carbocycles. The van der Waals surface area contributed by atoms with Gasteiger partial charge in [0.15, 0.2) is 5.12 Å². The molecule has 7 heteroatoms. The molecule has 20 heavy (non-hydrogen) atoms. The van der Waals surface area contributed by atoms with Gasteiger partial charge in [0.05, 0.1) is 0 Å². The summed E-state index contributed by atoms with van der Waals surface area (Å²) in [5.41, 5.74) is -0.448. The van der Waals surface area contributed by atoms with E-state index >= 15 is 0 Å². The lowest BCUT2D eigenvalue weighted by Gasteiger charge is -2.20. The second-order valence-electron chi connectivity index (χ2n) is 5.29. The van der Waals surface area contributed by atoms with Crippen LogP contribution in [-0.2, 0) is 14.4 Å². The fraction of sp³-hybridized carbons (Fsp3) is 0.769. The molecule has 0 spiro atoms. The van der Waals surface area contributed by atoms with Crippen molar-refractivity contribution < 1.29 is 19.5 Å². The molecule has 0 aromatic carbocycles. The Morgan fingerprint density at radius 2 is 1.70 bits per heavy atom. The summed E-state index contributed by atoms with van der Waals surface area (Å²) in [5.74, 6) is 0.220. The van der Waals surface area contributed by atoms with E-state index in [0.717, 1.165) is 11.8 Å². The van der Waals surface area contributed by atoms with Gasteiger partial charge in [0.25, 0.3) is 0 Å². The predicted molar refractivity (Wildman–Crippen MR) is 79.3 cm³/mol. The van der Waals surface area contributed by atoms with Crippen molar-refractivity contribution >= 4 is 28.7 Å². The van der Waals surface area contributed by atoms with E-state index in [9.17, 15) is 14.4 Å². The van der Waals surface area contributed by atoms with Crippen LogP contribution in [0.1, 0.15) is 33.6 Å². The standard InChI is InChI=1S/C13H24N2O4S/c1-10(17)20-7-6-15-11(18)4-5-14-12(19)8-13(2,3)9-16/h16H,4-9H2,1-3H3,(H,14,19)(H,15,18). The van der Waals surface area contributed by atoms with E-state index in [0.29, 0.717) is 12.3 Å². The number of hydrogen-bond donors (Lipinski definition) is 3. The number of amides is 2. The van der Waals surface area contributed by atoms with E-state index in [1.54, 1.807) is 13.8 Å². The van der Waals surface area contributed by atoms with Gasteiger partial charge < -0.3 is 15.7 Å². The number of carbonyl (C=O) groups is 3. The van der Waals surface area contributed by atoms with Gasteiger partial charge in [-0.3, -0.25) is 14.4 Å². The minimum atomic E-state index is -0.448. The monoisotopic (exact) mass is 304 g/mol. The molecule has 0 aliphatic rings. The summed E-state index contributed by atoms with van der Waals surface area (Å²) in [5, 5.41) is 14.4. The van der Waals surface area contributed by atoms with Crippen molar-refractivity contribution in [3.63, 3.8) is 0 Å². The van der Waals surface area contributed by atoms with Crippen molar-refractivity contribution in [2.24, 2.45) is 5.41 Å². The Bertz CT molecular complexity index is 345. The lowest BCUT2D eigenvalue weighted by atomic mass is 9.90. The number of aliphatic hydroxyl groups is 1. The van der Waals surface area contributed by atoms with Gasteiger partial charge in [-0.05, 0) is 5.41 Å². The zero-order valence-electron chi connectivity index (χ0n) is 12.3. The Balaban J connectivity index is 3.66. The SMILES string of the molecule is CC(=O)SCCNC(=O)CCNC(=O)CC(C)(C)CO. The third-order valence-electron chi connectivity index (χ3n) is 2.47. The smallest absolute Gasteiger partial charge is 0.221 e. The molecule has 0 atom stereocenters. The van der Waals surface area contributed by atoms with Crippen LogP contribution in [0, 0.1) is 5.41 Å². The van der Waals surface area contributed by atoms with Crippen molar-refractivity contribution in [1.29, 1.82) is 0 Å². The van der Waals surface area contributed by atoms with Crippen molar-refractivity contribution in [3.05, 3.63) is 0 Å². The molecule has 116 valence electrons. The van der Waals surface area contributed by atoms with Crippen LogP contribution in [0.5, 0.6) is 0 Å². The summed E-state index contributed by atoms with van der Waals surface area (Å²) < 4.78 is 0. The molecule has 0 radical (unpaired) electrons. The number of carbonyl (C=O) groups excluding carboxylic acids is 3. The van der Waals surface area contributed by atoms with Gasteiger partial charge in [-0.25, -0.2) is 0 Å². The summed E-state index contributed by atoms with van der Waals surface area (Å²) in [6.07, 6.45) is 0.427. The quantitative estimate of drug-likeness (QED) is 0.532. The third kappa shape index (κ3) is 10.8. The van der Waals surface area contributed by atoms with E-state index in [2.05, 4.69) is 10.6 Å². The number of aliphatic hydroxyl groups excluding tert-OH is 1. The molecule has 0 aliphatic carbocycles. The molecule has 0 aromatic heterocycles. The van der Waals surface area contributed by atoms with Crippen LogP contribution in [0.2, 0.25) is 0 Å². The van der Waals surface area contributed by atoms with Gasteiger partial charge in [-0.2, -0.15) is 0 Å². The van der Waals surface area contributed by atoms with Crippen LogP contribution in [0.4, 0.5) is 0 Å². The van der Waals surface area contributed by atoms with Crippen molar-refractivity contribution in [1.82, 2.24) is 10.6 Å². The van der Waals surface area contributed by atoms with Gasteiger partial charge in [0.2, 0.25) is 11.8 Å². The number of rotatable bonds is 9. The minimum absolute atomic E-state index is 0.0259. The van der Waals surface area contributed by atoms with Crippen LogP contribution < -0.4 is 10.6 Å². The van der Waals surface area contributed by atoms with Crippen LogP contribution in [0.25, 0.3) is 0 Å². The maximum Gasteiger partial charge on any atom is 0.221 e.